The number of rotatable bonds is 5. The molecule has 2 N–H and O–H groups in total. The van der Waals surface area contributed by atoms with Crippen LogP contribution < -0.4 is 20.1 Å². The predicted molar refractivity (Wildman–Crippen MR) is 115 cm³/mol. The second-order valence-corrected chi connectivity index (χ2v) is 8.35. The first-order valence-corrected chi connectivity index (χ1v) is 10.4. The van der Waals surface area contributed by atoms with E-state index in [-0.39, 0.29) is 0 Å². The van der Waals surface area contributed by atoms with Crippen LogP contribution >= 0.6 is 11.6 Å². The van der Waals surface area contributed by atoms with Gasteiger partial charge in [-0.1, -0.05) is 11.6 Å². The van der Waals surface area contributed by atoms with Gasteiger partial charge in [-0.05, 0) is 37.8 Å². The Bertz CT molecular complexity index is 1040. The van der Waals surface area contributed by atoms with Crippen LogP contribution in [0.1, 0.15) is 25.7 Å². The van der Waals surface area contributed by atoms with Crippen LogP contribution in [0.4, 0.5) is 5.69 Å². The van der Waals surface area contributed by atoms with Crippen LogP contribution in [0.15, 0.2) is 36.7 Å². The summed E-state index contributed by atoms with van der Waals surface area (Å²) >= 11 is 6.34. The number of hydrogen-bond donors (Lipinski definition) is 2. The largest absolute Gasteiger partial charge is 0.496 e. The lowest BCUT2D eigenvalue weighted by atomic mass is 9.99. The van der Waals surface area contributed by atoms with Crippen molar-refractivity contribution in [2.75, 3.05) is 19.5 Å². The Kier molecular flexibility index (Phi) is 4.76. The molecule has 3 aromatic rings. The van der Waals surface area contributed by atoms with Crippen molar-refractivity contribution in [1.82, 2.24) is 14.7 Å². The molecule has 2 bridgehead atoms. The number of anilines is 1. The van der Waals surface area contributed by atoms with Gasteiger partial charge in [0.05, 0.1) is 24.9 Å². The molecular weight excluding hydrogens is 388 g/mol. The number of nitrogens with one attached hydrogen (secondary N) is 2. The first kappa shape index (κ1) is 18.6. The number of aromatic nitrogens is 2. The van der Waals surface area contributed by atoms with E-state index in [4.69, 9.17) is 26.1 Å². The van der Waals surface area contributed by atoms with E-state index in [2.05, 4.69) is 22.8 Å². The number of fused-ring (bicyclic) bond motifs is 3. The summed E-state index contributed by atoms with van der Waals surface area (Å²) in [6.07, 6.45) is 9.01. The molecule has 0 amide bonds. The Labute approximate surface area is 175 Å². The highest BCUT2D eigenvalue weighted by atomic mass is 35.5. The zero-order chi connectivity index (χ0) is 20.0. The number of benzene rings is 1. The van der Waals surface area contributed by atoms with Crippen LogP contribution in [0, 0.1) is 0 Å². The van der Waals surface area contributed by atoms with Gasteiger partial charge >= 0.3 is 0 Å². The number of halogens is 1. The molecule has 29 heavy (non-hydrogen) atoms. The summed E-state index contributed by atoms with van der Waals surface area (Å²) in [5, 5.41) is 7.94. The number of imidazole rings is 1. The molecule has 0 aliphatic carbocycles. The lowest BCUT2D eigenvalue weighted by Crippen LogP contribution is -2.43. The second kappa shape index (κ2) is 7.43. The molecule has 4 heterocycles. The van der Waals surface area contributed by atoms with Crippen molar-refractivity contribution < 1.29 is 9.47 Å². The number of pyridine rings is 1. The minimum atomic E-state index is 0.520. The zero-order valence-electron chi connectivity index (χ0n) is 16.6. The normalized spacial score (nSPS) is 23.3. The average Bonchev–Trinajstić information content (AvgIpc) is 3.30. The number of hydrogen-bond acceptors (Lipinski definition) is 5. The van der Waals surface area contributed by atoms with Gasteiger partial charge in [0.25, 0.3) is 0 Å². The molecular formula is C22H25ClN4O2. The summed E-state index contributed by atoms with van der Waals surface area (Å²) in [5.74, 6) is 1.26. The van der Waals surface area contributed by atoms with Gasteiger partial charge in [-0.25, -0.2) is 4.98 Å². The van der Waals surface area contributed by atoms with Crippen LogP contribution in [0.2, 0.25) is 5.02 Å². The van der Waals surface area contributed by atoms with Gasteiger partial charge in [-0.15, -0.1) is 0 Å². The van der Waals surface area contributed by atoms with E-state index in [1.807, 2.05) is 22.9 Å². The molecule has 2 fully saturated rings. The Balaban J connectivity index is 1.43. The van der Waals surface area contributed by atoms with Crippen molar-refractivity contribution in [2.45, 2.75) is 43.8 Å². The predicted octanol–water partition coefficient (Wildman–Crippen LogP) is 4.37. The molecule has 0 saturated carbocycles. The van der Waals surface area contributed by atoms with E-state index in [1.54, 1.807) is 20.3 Å². The molecule has 2 saturated heterocycles. The summed E-state index contributed by atoms with van der Waals surface area (Å²) in [4.78, 5) is 4.82. The van der Waals surface area contributed by atoms with Crippen molar-refractivity contribution in [3.8, 4) is 22.8 Å². The molecule has 1 aromatic carbocycles. The van der Waals surface area contributed by atoms with Crippen LogP contribution in [0.5, 0.6) is 11.5 Å². The van der Waals surface area contributed by atoms with Crippen LogP contribution in [0.25, 0.3) is 16.9 Å². The first-order chi connectivity index (χ1) is 14.1. The molecule has 1 unspecified atom stereocenters. The minimum absolute atomic E-state index is 0.520. The molecule has 3 atom stereocenters. The van der Waals surface area contributed by atoms with Crippen molar-refractivity contribution in [3.05, 3.63) is 41.7 Å². The van der Waals surface area contributed by atoms with Gasteiger partial charge in [0, 0.05) is 53.9 Å². The standard InChI is InChI=1S/C22H25ClN4O2/c1-28-20-11-21(29-2)18(23)10-17(20)19-12-27-6-5-15(9-22(27)26-19)25-16-7-13-3-4-14(8-16)24-13/h5-6,9-14,16,24-25H,3-4,7-8H2,1-2H3/t13-,14+,16?. The van der Waals surface area contributed by atoms with Crippen molar-refractivity contribution >= 4 is 22.9 Å². The van der Waals surface area contributed by atoms with E-state index < -0.39 is 0 Å². The fourth-order valence-corrected chi connectivity index (χ4v) is 4.91. The molecule has 5 rings (SSSR count). The highest BCUT2D eigenvalue weighted by Gasteiger charge is 2.33. The third-order valence-electron chi connectivity index (χ3n) is 6.05. The lowest BCUT2D eigenvalue weighted by Gasteiger charge is -2.30. The van der Waals surface area contributed by atoms with Gasteiger partial charge in [-0.3, -0.25) is 0 Å². The molecule has 2 aliphatic heterocycles. The number of piperidine rings is 1. The summed E-state index contributed by atoms with van der Waals surface area (Å²) in [6.45, 7) is 0. The Hall–Kier alpha value is -2.44. The molecule has 6 nitrogen and oxygen atoms in total. The average molecular weight is 413 g/mol. The van der Waals surface area contributed by atoms with E-state index in [9.17, 15) is 0 Å². The summed E-state index contributed by atoms with van der Waals surface area (Å²) < 4.78 is 12.8. The Morgan fingerprint density at radius 2 is 1.86 bits per heavy atom. The minimum Gasteiger partial charge on any atom is -0.496 e. The maximum atomic E-state index is 6.34. The van der Waals surface area contributed by atoms with Crippen LogP contribution in [0.3, 0.4) is 0 Å². The summed E-state index contributed by atoms with van der Waals surface area (Å²) in [5.41, 5.74) is 3.64. The van der Waals surface area contributed by atoms with Gasteiger partial charge in [0.2, 0.25) is 0 Å². The number of nitrogens with zero attached hydrogens (tertiary/aromatic N) is 2. The fraction of sp³-hybridized carbons (Fsp3) is 0.409. The quantitative estimate of drug-likeness (QED) is 0.651. The van der Waals surface area contributed by atoms with Gasteiger partial charge in [0.1, 0.15) is 17.1 Å². The monoisotopic (exact) mass is 412 g/mol. The number of ether oxygens (including phenoxy) is 2. The fourth-order valence-electron chi connectivity index (χ4n) is 4.67. The Morgan fingerprint density at radius 1 is 1.10 bits per heavy atom. The van der Waals surface area contributed by atoms with Crippen molar-refractivity contribution in [2.24, 2.45) is 0 Å². The third kappa shape index (κ3) is 3.51. The molecule has 7 heteroatoms. The van der Waals surface area contributed by atoms with E-state index in [1.165, 1.54) is 25.7 Å². The van der Waals surface area contributed by atoms with Crippen molar-refractivity contribution in [1.29, 1.82) is 0 Å². The highest BCUT2D eigenvalue weighted by molar-refractivity contribution is 6.32. The smallest absolute Gasteiger partial charge is 0.141 e. The Morgan fingerprint density at radius 3 is 2.59 bits per heavy atom. The summed E-state index contributed by atoms with van der Waals surface area (Å²) in [6, 6.07) is 9.70. The third-order valence-corrected chi connectivity index (χ3v) is 6.35. The van der Waals surface area contributed by atoms with Crippen molar-refractivity contribution in [3.63, 3.8) is 0 Å². The second-order valence-electron chi connectivity index (χ2n) is 7.94. The van der Waals surface area contributed by atoms with Crippen LogP contribution in [-0.2, 0) is 0 Å². The topological polar surface area (TPSA) is 59.8 Å². The number of methoxy groups -OCH3 is 2. The first-order valence-electron chi connectivity index (χ1n) is 10.1. The summed E-state index contributed by atoms with van der Waals surface area (Å²) in [7, 11) is 3.23. The maximum absolute atomic E-state index is 6.34. The molecule has 2 aromatic heterocycles. The SMILES string of the molecule is COc1cc(OC)c(-c2cn3ccc(NC4C[C@H]5CC[C@@H](C4)N5)cc3n2)cc1Cl. The van der Waals surface area contributed by atoms with Gasteiger partial charge in [0.15, 0.2) is 0 Å². The lowest BCUT2D eigenvalue weighted by molar-refractivity contribution is 0.378. The van der Waals surface area contributed by atoms with Gasteiger partial charge < -0.3 is 24.5 Å². The molecule has 2 aliphatic rings. The van der Waals surface area contributed by atoms with E-state index in [0.717, 1.165) is 22.6 Å². The van der Waals surface area contributed by atoms with E-state index >= 15 is 0 Å². The highest BCUT2D eigenvalue weighted by Crippen LogP contribution is 2.38. The van der Waals surface area contributed by atoms with Crippen LogP contribution in [-0.4, -0.2) is 41.7 Å². The molecule has 0 radical (unpaired) electrons. The molecule has 152 valence electrons. The molecule has 0 spiro atoms. The zero-order valence-corrected chi connectivity index (χ0v) is 17.4. The van der Waals surface area contributed by atoms with E-state index in [0.29, 0.717) is 34.6 Å². The maximum Gasteiger partial charge on any atom is 0.141 e. The van der Waals surface area contributed by atoms with Gasteiger partial charge in [-0.2, -0.15) is 0 Å².